The van der Waals surface area contributed by atoms with Crippen LogP contribution in [0.1, 0.15) is 10.4 Å². The van der Waals surface area contributed by atoms with E-state index in [-0.39, 0.29) is 17.8 Å². The van der Waals surface area contributed by atoms with E-state index in [1.165, 1.54) is 17.0 Å². The number of nitrogens with zero attached hydrogens (tertiary/aromatic N) is 2. The summed E-state index contributed by atoms with van der Waals surface area (Å²) in [4.78, 5) is 25.1. The molecule has 20 heavy (non-hydrogen) atoms. The predicted octanol–water partition coefficient (Wildman–Crippen LogP) is 0.377. The Bertz CT molecular complexity index is 506. The van der Waals surface area contributed by atoms with E-state index in [1.54, 1.807) is 0 Å². The SMILES string of the molecule is CN(C)CCN(CC(=O)O)c1ccc(C(N)=O)cc1F. The van der Waals surface area contributed by atoms with Crippen LogP contribution in [0.15, 0.2) is 18.2 Å². The molecular formula is C13H18FN3O3. The largest absolute Gasteiger partial charge is 0.480 e. The van der Waals surface area contributed by atoms with Crippen LogP contribution >= 0.6 is 0 Å². The smallest absolute Gasteiger partial charge is 0.323 e. The number of carboxylic acids is 1. The molecule has 0 radical (unpaired) electrons. The van der Waals surface area contributed by atoms with Gasteiger partial charge in [0.1, 0.15) is 12.4 Å². The Labute approximate surface area is 116 Å². The van der Waals surface area contributed by atoms with Crippen molar-refractivity contribution in [1.29, 1.82) is 0 Å². The van der Waals surface area contributed by atoms with Gasteiger partial charge in [0.05, 0.1) is 5.69 Å². The van der Waals surface area contributed by atoms with Crippen molar-refractivity contribution < 1.29 is 19.1 Å². The number of aliphatic carboxylic acids is 1. The highest BCUT2D eigenvalue weighted by molar-refractivity contribution is 5.93. The summed E-state index contributed by atoms with van der Waals surface area (Å²) in [5.74, 6) is -2.45. The Morgan fingerprint density at radius 3 is 2.40 bits per heavy atom. The quantitative estimate of drug-likeness (QED) is 0.755. The molecule has 0 saturated carbocycles. The number of amides is 1. The summed E-state index contributed by atoms with van der Waals surface area (Å²) in [6, 6.07) is 3.77. The summed E-state index contributed by atoms with van der Waals surface area (Å²) in [7, 11) is 3.68. The second kappa shape index (κ2) is 6.85. The van der Waals surface area contributed by atoms with Gasteiger partial charge in [-0.25, -0.2) is 4.39 Å². The lowest BCUT2D eigenvalue weighted by Gasteiger charge is -2.25. The minimum atomic E-state index is -1.05. The van der Waals surface area contributed by atoms with Crippen molar-refractivity contribution in [3.63, 3.8) is 0 Å². The van der Waals surface area contributed by atoms with Crippen LogP contribution < -0.4 is 10.6 Å². The molecule has 0 atom stereocenters. The van der Waals surface area contributed by atoms with Crippen molar-refractivity contribution >= 4 is 17.6 Å². The average Bonchev–Trinajstić information content (AvgIpc) is 2.33. The van der Waals surface area contributed by atoms with Crippen LogP contribution in [0, 0.1) is 5.82 Å². The Morgan fingerprint density at radius 1 is 1.30 bits per heavy atom. The number of hydrogen-bond donors (Lipinski definition) is 2. The fraction of sp³-hybridized carbons (Fsp3) is 0.385. The summed E-state index contributed by atoms with van der Waals surface area (Å²) >= 11 is 0. The van der Waals surface area contributed by atoms with Gasteiger partial charge in [0.15, 0.2) is 0 Å². The monoisotopic (exact) mass is 283 g/mol. The van der Waals surface area contributed by atoms with Crippen molar-refractivity contribution in [3.8, 4) is 0 Å². The number of nitrogens with two attached hydrogens (primary N) is 1. The zero-order valence-electron chi connectivity index (χ0n) is 11.5. The molecule has 0 bridgehead atoms. The highest BCUT2D eigenvalue weighted by Crippen LogP contribution is 2.20. The van der Waals surface area contributed by atoms with Gasteiger partial charge in [0, 0.05) is 18.7 Å². The molecule has 0 aliphatic heterocycles. The molecular weight excluding hydrogens is 265 g/mol. The molecule has 110 valence electrons. The highest BCUT2D eigenvalue weighted by atomic mass is 19.1. The van der Waals surface area contributed by atoms with Gasteiger partial charge in [-0.1, -0.05) is 0 Å². The number of carbonyl (C=O) groups is 2. The number of likely N-dealkylation sites (N-methyl/N-ethyl adjacent to an activating group) is 1. The maximum absolute atomic E-state index is 14.0. The Balaban J connectivity index is 3.00. The number of anilines is 1. The molecule has 0 unspecified atom stereocenters. The van der Waals surface area contributed by atoms with Crippen LogP contribution in [-0.2, 0) is 4.79 Å². The molecule has 1 amide bonds. The Hall–Kier alpha value is -2.15. The maximum atomic E-state index is 14.0. The van der Waals surface area contributed by atoms with E-state index in [4.69, 9.17) is 10.8 Å². The summed E-state index contributed by atoms with van der Waals surface area (Å²) in [6.45, 7) is 0.608. The van der Waals surface area contributed by atoms with Crippen LogP contribution in [0.3, 0.4) is 0 Å². The Morgan fingerprint density at radius 2 is 1.95 bits per heavy atom. The molecule has 0 aromatic heterocycles. The minimum absolute atomic E-state index is 0.0501. The summed E-state index contributed by atoms with van der Waals surface area (Å²) in [5.41, 5.74) is 5.26. The Kier molecular flexibility index (Phi) is 5.45. The molecule has 0 aliphatic rings. The lowest BCUT2D eigenvalue weighted by molar-refractivity contribution is -0.135. The molecule has 0 heterocycles. The molecule has 1 aromatic rings. The number of halogens is 1. The van der Waals surface area contributed by atoms with Crippen molar-refractivity contribution in [2.24, 2.45) is 5.73 Å². The van der Waals surface area contributed by atoms with E-state index in [2.05, 4.69) is 0 Å². The van der Waals surface area contributed by atoms with Crippen molar-refractivity contribution in [1.82, 2.24) is 4.90 Å². The fourth-order valence-electron chi connectivity index (χ4n) is 1.69. The third-order valence-electron chi connectivity index (χ3n) is 2.72. The third-order valence-corrected chi connectivity index (χ3v) is 2.72. The van der Waals surface area contributed by atoms with E-state index >= 15 is 0 Å². The van der Waals surface area contributed by atoms with E-state index in [9.17, 15) is 14.0 Å². The molecule has 1 rings (SSSR count). The van der Waals surface area contributed by atoms with Crippen LogP contribution in [0.2, 0.25) is 0 Å². The molecule has 1 aromatic carbocycles. The van der Waals surface area contributed by atoms with Crippen molar-refractivity contribution in [2.75, 3.05) is 38.6 Å². The molecule has 0 fully saturated rings. The number of carboxylic acid groups (broad SMARTS) is 1. The number of benzene rings is 1. The molecule has 0 spiro atoms. The van der Waals surface area contributed by atoms with Crippen molar-refractivity contribution in [2.45, 2.75) is 0 Å². The zero-order chi connectivity index (χ0) is 15.3. The normalized spacial score (nSPS) is 10.6. The lowest BCUT2D eigenvalue weighted by atomic mass is 10.1. The van der Waals surface area contributed by atoms with Crippen molar-refractivity contribution in [3.05, 3.63) is 29.6 Å². The first-order valence-corrected chi connectivity index (χ1v) is 6.02. The van der Waals surface area contributed by atoms with E-state index in [0.29, 0.717) is 13.1 Å². The lowest BCUT2D eigenvalue weighted by Crippen LogP contribution is -2.36. The summed E-state index contributed by atoms with van der Waals surface area (Å²) in [6.07, 6.45) is 0. The number of primary amides is 1. The first-order valence-electron chi connectivity index (χ1n) is 6.02. The van der Waals surface area contributed by atoms with Gasteiger partial charge in [-0.05, 0) is 32.3 Å². The first-order chi connectivity index (χ1) is 9.31. The zero-order valence-corrected chi connectivity index (χ0v) is 11.5. The topological polar surface area (TPSA) is 86.9 Å². The maximum Gasteiger partial charge on any atom is 0.323 e. The molecule has 7 heteroatoms. The van der Waals surface area contributed by atoms with Gasteiger partial charge in [0.25, 0.3) is 0 Å². The third kappa shape index (κ3) is 4.51. The van der Waals surface area contributed by atoms with Crippen LogP contribution in [0.4, 0.5) is 10.1 Å². The van der Waals surface area contributed by atoms with Crippen LogP contribution in [0.25, 0.3) is 0 Å². The number of rotatable bonds is 7. The highest BCUT2D eigenvalue weighted by Gasteiger charge is 2.16. The summed E-state index contributed by atoms with van der Waals surface area (Å²) in [5, 5.41) is 8.89. The van der Waals surface area contributed by atoms with Gasteiger partial charge in [-0.3, -0.25) is 9.59 Å². The second-order valence-corrected chi connectivity index (χ2v) is 4.65. The number of carbonyl (C=O) groups excluding carboxylic acids is 1. The predicted molar refractivity (Wildman–Crippen MR) is 73.3 cm³/mol. The van der Waals surface area contributed by atoms with E-state index in [0.717, 1.165) is 6.07 Å². The van der Waals surface area contributed by atoms with Gasteiger partial charge in [-0.15, -0.1) is 0 Å². The second-order valence-electron chi connectivity index (χ2n) is 4.65. The van der Waals surface area contributed by atoms with Crippen LogP contribution in [0.5, 0.6) is 0 Å². The molecule has 0 aliphatic carbocycles. The molecule has 0 saturated heterocycles. The number of hydrogen-bond acceptors (Lipinski definition) is 4. The first kappa shape index (κ1) is 15.9. The minimum Gasteiger partial charge on any atom is -0.480 e. The van der Waals surface area contributed by atoms with Gasteiger partial charge >= 0.3 is 5.97 Å². The van der Waals surface area contributed by atoms with Gasteiger partial charge in [-0.2, -0.15) is 0 Å². The van der Waals surface area contributed by atoms with E-state index in [1.807, 2.05) is 19.0 Å². The van der Waals surface area contributed by atoms with E-state index < -0.39 is 17.7 Å². The average molecular weight is 283 g/mol. The standard InChI is InChI=1S/C13H18FN3O3/c1-16(2)5-6-17(8-12(18)19)11-4-3-9(13(15)20)7-10(11)14/h3-4,7H,5-6,8H2,1-2H3,(H2,15,20)(H,18,19). The fourth-order valence-corrected chi connectivity index (χ4v) is 1.69. The van der Waals surface area contributed by atoms with Gasteiger partial charge in [0.2, 0.25) is 5.91 Å². The van der Waals surface area contributed by atoms with Crippen LogP contribution in [-0.4, -0.2) is 55.6 Å². The molecule has 6 nitrogen and oxygen atoms in total. The summed E-state index contributed by atoms with van der Waals surface area (Å²) < 4.78 is 14.0. The molecule has 3 N–H and O–H groups in total. The van der Waals surface area contributed by atoms with Gasteiger partial charge < -0.3 is 20.6 Å².